The van der Waals surface area contributed by atoms with Gasteiger partial charge in [0.15, 0.2) is 5.82 Å². The molecule has 20 heavy (non-hydrogen) atoms. The predicted octanol–water partition coefficient (Wildman–Crippen LogP) is 1.39. The van der Waals surface area contributed by atoms with E-state index in [1.165, 1.54) is 12.8 Å². The van der Waals surface area contributed by atoms with Crippen molar-refractivity contribution in [3.8, 4) is 0 Å². The minimum Gasteiger partial charge on any atom is -0.360 e. The zero-order valence-corrected chi connectivity index (χ0v) is 12.3. The molecule has 0 aromatic carbocycles. The monoisotopic (exact) mass is 280 g/mol. The molecule has 6 nitrogen and oxygen atoms in total. The Morgan fingerprint density at radius 2 is 2.40 bits per heavy atom. The van der Waals surface area contributed by atoms with E-state index >= 15 is 0 Å². The molecule has 1 fully saturated rings. The molecule has 1 aliphatic heterocycles. The number of anilines is 1. The van der Waals surface area contributed by atoms with E-state index in [0.717, 1.165) is 26.1 Å². The van der Waals surface area contributed by atoms with Crippen molar-refractivity contribution < 1.29 is 9.32 Å². The van der Waals surface area contributed by atoms with Crippen LogP contribution >= 0.6 is 0 Å². The third-order valence-electron chi connectivity index (χ3n) is 3.76. The van der Waals surface area contributed by atoms with Gasteiger partial charge in [-0.2, -0.15) is 0 Å². The largest absolute Gasteiger partial charge is 0.360 e. The molecule has 0 saturated carbocycles. The lowest BCUT2D eigenvalue weighted by Gasteiger charge is -2.26. The average molecular weight is 280 g/mol. The molecule has 1 aromatic heterocycles. The van der Waals surface area contributed by atoms with Gasteiger partial charge in [-0.1, -0.05) is 5.16 Å². The van der Waals surface area contributed by atoms with Crippen molar-refractivity contribution in [3.05, 3.63) is 11.8 Å². The molecule has 0 radical (unpaired) electrons. The van der Waals surface area contributed by atoms with Crippen LogP contribution in [0.3, 0.4) is 0 Å². The van der Waals surface area contributed by atoms with Gasteiger partial charge in [0.25, 0.3) is 0 Å². The number of hydrogen-bond donors (Lipinski definition) is 2. The van der Waals surface area contributed by atoms with Crippen LogP contribution < -0.4 is 10.6 Å². The summed E-state index contributed by atoms with van der Waals surface area (Å²) in [5, 5.41) is 9.91. The van der Waals surface area contributed by atoms with E-state index in [-0.39, 0.29) is 5.91 Å². The fourth-order valence-corrected chi connectivity index (χ4v) is 2.53. The smallest absolute Gasteiger partial charge is 0.226 e. The van der Waals surface area contributed by atoms with Crippen LogP contribution in [0.5, 0.6) is 0 Å². The van der Waals surface area contributed by atoms with Crippen LogP contribution in [-0.2, 0) is 4.79 Å². The van der Waals surface area contributed by atoms with Crippen molar-refractivity contribution in [2.45, 2.75) is 38.6 Å². The van der Waals surface area contributed by atoms with Crippen molar-refractivity contribution in [3.63, 3.8) is 0 Å². The van der Waals surface area contributed by atoms with Gasteiger partial charge in [-0.3, -0.25) is 4.79 Å². The first-order valence-corrected chi connectivity index (χ1v) is 7.29. The van der Waals surface area contributed by atoms with Gasteiger partial charge in [0, 0.05) is 25.1 Å². The van der Waals surface area contributed by atoms with E-state index in [4.69, 9.17) is 4.52 Å². The molecule has 2 heterocycles. The van der Waals surface area contributed by atoms with Gasteiger partial charge in [0.2, 0.25) is 5.91 Å². The minimum atomic E-state index is -0.0168. The zero-order chi connectivity index (χ0) is 14.4. The number of carbonyl (C=O) groups is 1. The summed E-state index contributed by atoms with van der Waals surface area (Å²) in [6.45, 7) is 4.75. The molecule has 1 saturated heterocycles. The zero-order valence-electron chi connectivity index (χ0n) is 12.3. The summed E-state index contributed by atoms with van der Waals surface area (Å²) < 4.78 is 4.92. The third kappa shape index (κ3) is 4.61. The Bertz CT molecular complexity index is 425. The van der Waals surface area contributed by atoms with Crippen LogP contribution in [-0.4, -0.2) is 48.7 Å². The second-order valence-electron chi connectivity index (χ2n) is 5.44. The highest BCUT2D eigenvalue weighted by molar-refractivity contribution is 5.89. The number of aromatic nitrogens is 1. The highest BCUT2D eigenvalue weighted by Gasteiger charge is 2.17. The normalized spacial score (nSPS) is 19.9. The molecule has 1 amide bonds. The van der Waals surface area contributed by atoms with Crippen molar-refractivity contribution in [1.82, 2.24) is 15.4 Å². The SMILES string of the molecule is Cc1cc(NC(=O)CCN(C)C2CCCNCC2)no1. The maximum Gasteiger partial charge on any atom is 0.226 e. The Balaban J connectivity index is 1.71. The van der Waals surface area contributed by atoms with E-state index in [1.54, 1.807) is 13.0 Å². The van der Waals surface area contributed by atoms with E-state index in [2.05, 4.69) is 27.7 Å². The van der Waals surface area contributed by atoms with Crippen molar-refractivity contribution in [2.75, 3.05) is 32.0 Å². The first kappa shape index (κ1) is 15.0. The van der Waals surface area contributed by atoms with Gasteiger partial charge >= 0.3 is 0 Å². The summed E-state index contributed by atoms with van der Waals surface area (Å²) in [4.78, 5) is 14.1. The summed E-state index contributed by atoms with van der Waals surface area (Å²) in [6, 6.07) is 2.30. The Kier molecular flexibility index (Phi) is 5.55. The molecule has 2 rings (SSSR count). The average Bonchev–Trinajstić information content (AvgIpc) is 2.69. The number of nitrogens with one attached hydrogen (secondary N) is 2. The van der Waals surface area contributed by atoms with Crippen molar-refractivity contribution >= 4 is 11.7 Å². The Morgan fingerprint density at radius 1 is 1.55 bits per heavy atom. The van der Waals surface area contributed by atoms with Crippen LogP contribution in [0.4, 0.5) is 5.82 Å². The number of nitrogens with zero attached hydrogens (tertiary/aromatic N) is 2. The number of carbonyl (C=O) groups excluding carboxylic acids is 1. The van der Waals surface area contributed by atoms with E-state index in [0.29, 0.717) is 24.0 Å². The molecule has 0 spiro atoms. The molecule has 1 aromatic rings. The number of rotatable bonds is 5. The summed E-state index contributed by atoms with van der Waals surface area (Å²) in [5.41, 5.74) is 0. The Morgan fingerprint density at radius 3 is 3.15 bits per heavy atom. The highest BCUT2D eigenvalue weighted by atomic mass is 16.5. The van der Waals surface area contributed by atoms with E-state index in [1.807, 2.05) is 0 Å². The lowest BCUT2D eigenvalue weighted by atomic mass is 10.1. The summed E-state index contributed by atoms with van der Waals surface area (Å²) >= 11 is 0. The first-order valence-electron chi connectivity index (χ1n) is 7.29. The van der Waals surface area contributed by atoms with Gasteiger partial charge < -0.3 is 20.1 Å². The molecule has 1 atom stereocenters. The second-order valence-corrected chi connectivity index (χ2v) is 5.44. The maximum atomic E-state index is 11.8. The van der Waals surface area contributed by atoms with Crippen molar-refractivity contribution in [1.29, 1.82) is 0 Å². The molecular formula is C14H24N4O2. The minimum absolute atomic E-state index is 0.0168. The molecule has 0 bridgehead atoms. The molecule has 0 aliphatic carbocycles. The van der Waals surface area contributed by atoms with E-state index < -0.39 is 0 Å². The number of aryl methyl sites for hydroxylation is 1. The molecule has 1 aliphatic rings. The second kappa shape index (κ2) is 7.40. The molecule has 6 heteroatoms. The van der Waals surface area contributed by atoms with Gasteiger partial charge in [-0.25, -0.2) is 0 Å². The Hall–Kier alpha value is -1.40. The maximum absolute atomic E-state index is 11.8. The highest BCUT2D eigenvalue weighted by Crippen LogP contribution is 2.12. The summed E-state index contributed by atoms with van der Waals surface area (Å²) in [7, 11) is 2.10. The lowest BCUT2D eigenvalue weighted by Crippen LogP contribution is -2.34. The molecular weight excluding hydrogens is 256 g/mol. The van der Waals surface area contributed by atoms with Crippen molar-refractivity contribution in [2.24, 2.45) is 0 Å². The van der Waals surface area contributed by atoms with Crippen LogP contribution in [0.2, 0.25) is 0 Å². The van der Waals surface area contributed by atoms with Crippen LogP contribution in [0.15, 0.2) is 10.6 Å². The van der Waals surface area contributed by atoms with E-state index in [9.17, 15) is 4.79 Å². The van der Waals surface area contributed by atoms with Gasteiger partial charge in [-0.15, -0.1) is 0 Å². The number of hydrogen-bond acceptors (Lipinski definition) is 5. The molecule has 112 valence electrons. The Labute approximate surface area is 119 Å². The quantitative estimate of drug-likeness (QED) is 0.853. The fourth-order valence-electron chi connectivity index (χ4n) is 2.53. The first-order chi connectivity index (χ1) is 9.65. The molecule has 1 unspecified atom stereocenters. The lowest BCUT2D eigenvalue weighted by molar-refractivity contribution is -0.116. The summed E-state index contributed by atoms with van der Waals surface area (Å²) in [5.74, 6) is 1.18. The van der Waals surface area contributed by atoms with Crippen LogP contribution in [0, 0.1) is 6.92 Å². The topological polar surface area (TPSA) is 70.4 Å². The molecule has 2 N–H and O–H groups in total. The fraction of sp³-hybridized carbons (Fsp3) is 0.714. The number of amides is 1. The van der Waals surface area contributed by atoms with Crippen LogP contribution in [0.25, 0.3) is 0 Å². The van der Waals surface area contributed by atoms with Crippen LogP contribution in [0.1, 0.15) is 31.4 Å². The predicted molar refractivity (Wildman–Crippen MR) is 77.6 cm³/mol. The van der Waals surface area contributed by atoms with Gasteiger partial charge in [0.1, 0.15) is 5.76 Å². The van der Waals surface area contributed by atoms with Gasteiger partial charge in [0.05, 0.1) is 0 Å². The third-order valence-corrected chi connectivity index (χ3v) is 3.76. The standard InChI is InChI=1S/C14H24N4O2/c1-11-10-13(17-20-11)16-14(19)6-9-18(2)12-4-3-7-15-8-5-12/h10,12,15H,3-9H2,1-2H3,(H,16,17,19). The van der Waals surface area contributed by atoms with Gasteiger partial charge in [-0.05, 0) is 46.3 Å². The summed E-state index contributed by atoms with van der Waals surface area (Å²) in [6.07, 6.45) is 4.04.